The van der Waals surface area contributed by atoms with E-state index in [0.717, 1.165) is 5.56 Å². The number of ether oxygens (including phenoxy) is 2. The molecule has 0 amide bonds. The predicted octanol–water partition coefficient (Wildman–Crippen LogP) is 3.75. The van der Waals surface area contributed by atoms with E-state index in [1.165, 1.54) is 18.2 Å². The first-order chi connectivity index (χ1) is 11.6. The fourth-order valence-corrected chi connectivity index (χ4v) is 1.99. The van der Waals surface area contributed by atoms with Crippen molar-refractivity contribution in [3.8, 4) is 5.75 Å². The number of para-hydroxylation sites is 1. The number of nitro benzene ring substituents is 1. The lowest BCUT2D eigenvalue weighted by molar-refractivity contribution is -0.384. The molecule has 0 aliphatic heterocycles. The van der Waals surface area contributed by atoms with Gasteiger partial charge in [0.05, 0.1) is 11.5 Å². The van der Waals surface area contributed by atoms with Crippen LogP contribution in [0.15, 0.2) is 54.6 Å². The molecule has 2 rings (SSSR count). The fraction of sp³-hybridized carbons (Fsp3) is 0.167. The molecule has 6 nitrogen and oxygen atoms in total. The Labute approximate surface area is 139 Å². The van der Waals surface area contributed by atoms with E-state index >= 15 is 0 Å². The number of esters is 1. The Morgan fingerprint density at radius 3 is 2.54 bits per heavy atom. The van der Waals surface area contributed by atoms with Gasteiger partial charge in [-0.1, -0.05) is 18.2 Å². The van der Waals surface area contributed by atoms with E-state index in [1.807, 2.05) is 31.2 Å². The summed E-state index contributed by atoms with van der Waals surface area (Å²) in [4.78, 5) is 21.9. The maximum Gasteiger partial charge on any atom is 0.331 e. The van der Waals surface area contributed by atoms with Crippen LogP contribution in [0, 0.1) is 10.1 Å². The van der Waals surface area contributed by atoms with E-state index in [1.54, 1.807) is 18.2 Å². The van der Waals surface area contributed by atoms with Crippen molar-refractivity contribution in [2.45, 2.75) is 13.5 Å². The van der Waals surface area contributed by atoms with Gasteiger partial charge in [-0.3, -0.25) is 10.1 Å². The van der Waals surface area contributed by atoms with Gasteiger partial charge in [0.2, 0.25) is 0 Å². The quantitative estimate of drug-likeness (QED) is 0.335. The van der Waals surface area contributed by atoms with Gasteiger partial charge < -0.3 is 9.47 Å². The second-order valence-corrected chi connectivity index (χ2v) is 4.83. The highest BCUT2D eigenvalue weighted by Gasteiger charge is 2.06. The van der Waals surface area contributed by atoms with Crippen LogP contribution in [0.2, 0.25) is 0 Å². The Balaban J connectivity index is 1.92. The van der Waals surface area contributed by atoms with Crippen LogP contribution >= 0.6 is 0 Å². The molecule has 0 heterocycles. The van der Waals surface area contributed by atoms with Crippen molar-refractivity contribution in [3.05, 3.63) is 75.8 Å². The third-order valence-corrected chi connectivity index (χ3v) is 3.16. The zero-order valence-corrected chi connectivity index (χ0v) is 13.2. The van der Waals surface area contributed by atoms with Crippen molar-refractivity contribution < 1.29 is 19.2 Å². The van der Waals surface area contributed by atoms with Gasteiger partial charge in [-0.15, -0.1) is 0 Å². The van der Waals surface area contributed by atoms with Crippen LogP contribution in [0.25, 0.3) is 6.08 Å². The Kier molecular flexibility index (Phi) is 6.08. The molecule has 0 saturated heterocycles. The topological polar surface area (TPSA) is 78.7 Å². The number of nitrogens with zero attached hydrogens (tertiary/aromatic N) is 1. The number of hydrogen-bond acceptors (Lipinski definition) is 5. The number of non-ortho nitro benzene ring substituents is 1. The maximum atomic E-state index is 11.8. The second kappa shape index (κ2) is 8.47. The molecule has 0 aromatic heterocycles. The number of rotatable bonds is 7. The standard InChI is InChI=1S/C18H17NO5/c1-2-23-17-6-4-3-5-15(17)13-24-18(20)12-9-14-7-10-16(11-8-14)19(21)22/h3-12H,2,13H2,1H3/b12-9+. The summed E-state index contributed by atoms with van der Waals surface area (Å²) in [6.07, 6.45) is 2.82. The van der Waals surface area contributed by atoms with Crippen molar-refractivity contribution in [3.63, 3.8) is 0 Å². The molecule has 0 aliphatic rings. The van der Waals surface area contributed by atoms with Gasteiger partial charge in [0.1, 0.15) is 12.4 Å². The highest BCUT2D eigenvalue weighted by atomic mass is 16.6. The lowest BCUT2D eigenvalue weighted by atomic mass is 10.2. The van der Waals surface area contributed by atoms with E-state index in [-0.39, 0.29) is 12.3 Å². The first-order valence-corrected chi connectivity index (χ1v) is 7.40. The SMILES string of the molecule is CCOc1ccccc1COC(=O)/C=C/c1ccc([N+](=O)[O-])cc1. The van der Waals surface area contributed by atoms with Gasteiger partial charge in [0.25, 0.3) is 5.69 Å². The predicted molar refractivity (Wildman–Crippen MR) is 89.5 cm³/mol. The number of carbonyl (C=O) groups excluding carboxylic acids is 1. The number of carbonyl (C=O) groups is 1. The Morgan fingerprint density at radius 1 is 1.17 bits per heavy atom. The second-order valence-electron chi connectivity index (χ2n) is 4.83. The van der Waals surface area contributed by atoms with Crippen LogP contribution in [-0.2, 0) is 16.1 Å². The zero-order chi connectivity index (χ0) is 17.4. The molecule has 124 valence electrons. The molecule has 2 aromatic rings. The first kappa shape index (κ1) is 17.2. The zero-order valence-electron chi connectivity index (χ0n) is 13.2. The van der Waals surface area contributed by atoms with Crippen molar-refractivity contribution in [1.29, 1.82) is 0 Å². The van der Waals surface area contributed by atoms with E-state index in [2.05, 4.69) is 0 Å². The molecule has 0 radical (unpaired) electrons. The average Bonchev–Trinajstić information content (AvgIpc) is 2.60. The van der Waals surface area contributed by atoms with Crippen LogP contribution in [0.5, 0.6) is 5.75 Å². The van der Waals surface area contributed by atoms with Crippen LogP contribution < -0.4 is 4.74 Å². The van der Waals surface area contributed by atoms with E-state index in [0.29, 0.717) is 17.9 Å². The van der Waals surface area contributed by atoms with Gasteiger partial charge in [0.15, 0.2) is 0 Å². The molecule has 0 unspecified atom stereocenters. The minimum Gasteiger partial charge on any atom is -0.493 e. The molecular weight excluding hydrogens is 310 g/mol. The molecule has 0 aliphatic carbocycles. The van der Waals surface area contributed by atoms with E-state index < -0.39 is 10.9 Å². The third kappa shape index (κ3) is 4.95. The summed E-state index contributed by atoms with van der Waals surface area (Å²) in [5.41, 5.74) is 1.46. The molecule has 0 saturated carbocycles. The van der Waals surface area contributed by atoms with E-state index in [4.69, 9.17) is 9.47 Å². The van der Waals surface area contributed by atoms with Crippen molar-refractivity contribution in [2.24, 2.45) is 0 Å². The Morgan fingerprint density at radius 2 is 1.88 bits per heavy atom. The molecule has 0 N–H and O–H groups in total. The summed E-state index contributed by atoms with van der Waals surface area (Å²) >= 11 is 0. The largest absolute Gasteiger partial charge is 0.493 e. The lowest BCUT2D eigenvalue weighted by Crippen LogP contribution is -2.03. The monoisotopic (exact) mass is 327 g/mol. The molecule has 6 heteroatoms. The minimum atomic E-state index is -0.500. The Hall–Kier alpha value is -3.15. The van der Waals surface area contributed by atoms with Crippen molar-refractivity contribution >= 4 is 17.7 Å². The molecule has 0 bridgehead atoms. The number of benzene rings is 2. The summed E-state index contributed by atoms with van der Waals surface area (Å²) in [5.74, 6) is 0.187. The summed E-state index contributed by atoms with van der Waals surface area (Å²) in [6, 6.07) is 13.2. The van der Waals surface area contributed by atoms with Gasteiger partial charge in [0, 0.05) is 23.8 Å². The van der Waals surface area contributed by atoms with Gasteiger partial charge in [-0.25, -0.2) is 4.79 Å². The van der Waals surface area contributed by atoms with Gasteiger partial charge >= 0.3 is 5.97 Å². The smallest absolute Gasteiger partial charge is 0.331 e. The van der Waals surface area contributed by atoms with Crippen molar-refractivity contribution in [1.82, 2.24) is 0 Å². The third-order valence-electron chi connectivity index (χ3n) is 3.16. The van der Waals surface area contributed by atoms with Crippen LogP contribution in [0.1, 0.15) is 18.1 Å². The van der Waals surface area contributed by atoms with Crippen molar-refractivity contribution in [2.75, 3.05) is 6.61 Å². The van der Waals surface area contributed by atoms with Gasteiger partial charge in [-0.2, -0.15) is 0 Å². The molecular formula is C18H17NO5. The fourth-order valence-electron chi connectivity index (χ4n) is 1.99. The van der Waals surface area contributed by atoms with Gasteiger partial charge in [-0.05, 0) is 36.8 Å². The summed E-state index contributed by atoms with van der Waals surface area (Å²) in [5, 5.41) is 10.6. The Bertz CT molecular complexity index is 737. The molecule has 24 heavy (non-hydrogen) atoms. The minimum absolute atomic E-state index is 0.00209. The first-order valence-electron chi connectivity index (χ1n) is 7.40. The molecule has 2 aromatic carbocycles. The summed E-state index contributed by atoms with van der Waals surface area (Å²) in [7, 11) is 0. The maximum absolute atomic E-state index is 11.8. The summed E-state index contributed by atoms with van der Waals surface area (Å²) < 4.78 is 10.6. The van der Waals surface area contributed by atoms with E-state index in [9.17, 15) is 14.9 Å². The lowest BCUT2D eigenvalue weighted by Gasteiger charge is -2.09. The molecule has 0 atom stereocenters. The van der Waals surface area contributed by atoms with Crippen LogP contribution in [0.4, 0.5) is 5.69 Å². The highest BCUT2D eigenvalue weighted by molar-refractivity contribution is 5.87. The number of nitro groups is 1. The molecule has 0 spiro atoms. The van der Waals surface area contributed by atoms with Crippen LogP contribution in [-0.4, -0.2) is 17.5 Å². The highest BCUT2D eigenvalue weighted by Crippen LogP contribution is 2.19. The summed E-state index contributed by atoms with van der Waals surface area (Å²) in [6.45, 7) is 2.53. The molecule has 0 fully saturated rings. The van der Waals surface area contributed by atoms with Crippen LogP contribution in [0.3, 0.4) is 0 Å². The average molecular weight is 327 g/mol. The number of hydrogen-bond donors (Lipinski definition) is 0. The normalized spacial score (nSPS) is 10.5.